The van der Waals surface area contributed by atoms with E-state index in [1.54, 1.807) is 4.90 Å². The minimum Gasteiger partial charge on any atom is -0.381 e. The summed E-state index contributed by atoms with van der Waals surface area (Å²) < 4.78 is 0. The Kier molecular flexibility index (Phi) is 2.11. The third-order valence-corrected chi connectivity index (χ3v) is 2.48. The van der Waals surface area contributed by atoms with Crippen LogP contribution in [0.3, 0.4) is 0 Å². The van der Waals surface area contributed by atoms with Crippen molar-refractivity contribution in [2.45, 2.75) is 13.0 Å². The molecule has 6 nitrogen and oxygen atoms in total. The zero-order valence-electron chi connectivity index (χ0n) is 8.05. The maximum absolute atomic E-state index is 11.5. The third-order valence-electron chi connectivity index (χ3n) is 2.48. The number of hydrogen-bond acceptors (Lipinski definition) is 4. The van der Waals surface area contributed by atoms with Crippen molar-refractivity contribution in [3.05, 3.63) is 6.20 Å². The van der Waals surface area contributed by atoms with Gasteiger partial charge in [-0.2, -0.15) is 9.90 Å². The number of nitrogens with two attached hydrogens (primary N) is 1. The molecule has 1 aromatic heterocycles. The molecular formula is C8H13N5O. The van der Waals surface area contributed by atoms with E-state index in [4.69, 9.17) is 5.73 Å². The summed E-state index contributed by atoms with van der Waals surface area (Å²) in [6.45, 7) is 1.35. The molecule has 1 unspecified atom stereocenters. The topological polar surface area (TPSA) is 77.0 Å². The largest absolute Gasteiger partial charge is 0.381 e. The summed E-state index contributed by atoms with van der Waals surface area (Å²) in [5, 5.41) is 7.89. The lowest BCUT2D eigenvalue weighted by Crippen LogP contribution is -2.25. The van der Waals surface area contributed by atoms with Gasteiger partial charge in [0, 0.05) is 13.6 Å². The van der Waals surface area contributed by atoms with E-state index < -0.39 is 0 Å². The monoisotopic (exact) mass is 195 g/mol. The van der Waals surface area contributed by atoms with Gasteiger partial charge in [-0.3, -0.25) is 4.79 Å². The lowest BCUT2D eigenvalue weighted by Gasteiger charge is -2.09. The van der Waals surface area contributed by atoms with Gasteiger partial charge in [0.05, 0.1) is 18.7 Å². The predicted octanol–water partition coefficient (Wildman–Crippen LogP) is -0.661. The van der Waals surface area contributed by atoms with E-state index >= 15 is 0 Å². The van der Waals surface area contributed by atoms with E-state index in [0.717, 1.165) is 13.0 Å². The Morgan fingerprint density at radius 1 is 1.71 bits per heavy atom. The number of hydrogen-bond donors (Lipinski definition) is 1. The first-order valence-corrected chi connectivity index (χ1v) is 4.57. The quantitative estimate of drug-likeness (QED) is 0.679. The summed E-state index contributed by atoms with van der Waals surface area (Å²) in [5.41, 5.74) is 5.43. The molecule has 14 heavy (non-hydrogen) atoms. The van der Waals surface area contributed by atoms with Crippen molar-refractivity contribution in [3.63, 3.8) is 0 Å². The van der Waals surface area contributed by atoms with Crippen LogP contribution in [0.2, 0.25) is 0 Å². The highest BCUT2D eigenvalue weighted by molar-refractivity contribution is 5.80. The first-order chi connectivity index (χ1) is 6.66. The summed E-state index contributed by atoms with van der Waals surface area (Å²) in [6, 6.07) is 0. The summed E-state index contributed by atoms with van der Waals surface area (Å²) in [7, 11) is 1.81. The second kappa shape index (κ2) is 3.28. The van der Waals surface area contributed by atoms with Gasteiger partial charge < -0.3 is 10.6 Å². The van der Waals surface area contributed by atoms with Crippen molar-refractivity contribution in [1.82, 2.24) is 19.9 Å². The minimum atomic E-state index is 0.00630. The molecule has 76 valence electrons. The molecule has 0 bridgehead atoms. The van der Waals surface area contributed by atoms with Crippen molar-refractivity contribution in [2.75, 3.05) is 19.3 Å². The maximum atomic E-state index is 11.5. The second-order valence-corrected chi connectivity index (χ2v) is 3.57. The highest BCUT2D eigenvalue weighted by Gasteiger charge is 2.29. The molecule has 0 saturated carbocycles. The Morgan fingerprint density at radius 3 is 3.00 bits per heavy atom. The minimum absolute atomic E-state index is 0.00630. The van der Waals surface area contributed by atoms with Crippen LogP contribution in [0.15, 0.2) is 6.20 Å². The Labute approximate surface area is 81.7 Å². The smallest absolute Gasteiger partial charge is 0.227 e. The molecule has 1 amide bonds. The molecule has 0 radical (unpaired) electrons. The van der Waals surface area contributed by atoms with Crippen LogP contribution in [0.25, 0.3) is 0 Å². The maximum Gasteiger partial charge on any atom is 0.227 e. The number of aromatic nitrogens is 3. The fraction of sp³-hybridized carbons (Fsp3) is 0.625. The Balaban J connectivity index is 2.02. The molecule has 1 aliphatic rings. The van der Waals surface area contributed by atoms with Gasteiger partial charge in [0.2, 0.25) is 5.91 Å². The first-order valence-electron chi connectivity index (χ1n) is 4.57. The molecule has 0 aliphatic carbocycles. The zero-order valence-corrected chi connectivity index (χ0v) is 8.05. The molecule has 2 rings (SSSR count). The normalized spacial score (nSPS) is 21.9. The fourth-order valence-electron chi connectivity index (χ4n) is 1.66. The molecule has 0 spiro atoms. The van der Waals surface area contributed by atoms with Gasteiger partial charge in [0.25, 0.3) is 0 Å². The van der Waals surface area contributed by atoms with Crippen LogP contribution < -0.4 is 5.73 Å². The van der Waals surface area contributed by atoms with Crippen LogP contribution in [-0.4, -0.2) is 39.4 Å². The van der Waals surface area contributed by atoms with Gasteiger partial charge in [0.1, 0.15) is 0 Å². The van der Waals surface area contributed by atoms with Crippen LogP contribution in [-0.2, 0) is 11.3 Å². The molecule has 0 aromatic carbocycles. The van der Waals surface area contributed by atoms with Crippen LogP contribution in [0.5, 0.6) is 0 Å². The van der Waals surface area contributed by atoms with E-state index in [-0.39, 0.29) is 11.8 Å². The molecule has 1 saturated heterocycles. The van der Waals surface area contributed by atoms with E-state index in [2.05, 4.69) is 10.2 Å². The predicted molar refractivity (Wildman–Crippen MR) is 50.2 cm³/mol. The van der Waals surface area contributed by atoms with E-state index in [1.165, 1.54) is 11.0 Å². The van der Waals surface area contributed by atoms with E-state index in [9.17, 15) is 4.79 Å². The summed E-state index contributed by atoms with van der Waals surface area (Å²) >= 11 is 0. The molecule has 1 aliphatic heterocycles. The number of amides is 1. The molecule has 1 aromatic rings. The third kappa shape index (κ3) is 1.55. The van der Waals surface area contributed by atoms with E-state index in [0.29, 0.717) is 12.4 Å². The number of likely N-dealkylation sites (tertiary alicyclic amines) is 1. The van der Waals surface area contributed by atoms with Crippen molar-refractivity contribution in [2.24, 2.45) is 5.92 Å². The fourth-order valence-corrected chi connectivity index (χ4v) is 1.66. The van der Waals surface area contributed by atoms with Crippen molar-refractivity contribution in [3.8, 4) is 0 Å². The summed E-state index contributed by atoms with van der Waals surface area (Å²) in [6.07, 6.45) is 2.36. The van der Waals surface area contributed by atoms with Crippen LogP contribution in [0, 0.1) is 5.92 Å². The Hall–Kier alpha value is -1.59. The van der Waals surface area contributed by atoms with Crippen LogP contribution in [0.1, 0.15) is 6.42 Å². The number of rotatable bonds is 2. The number of carbonyl (C=O) groups excluding carboxylic acids is 1. The van der Waals surface area contributed by atoms with Gasteiger partial charge in [-0.05, 0) is 6.42 Å². The number of carbonyl (C=O) groups is 1. The zero-order chi connectivity index (χ0) is 10.1. The lowest BCUT2D eigenvalue weighted by molar-refractivity contribution is -0.130. The molecule has 2 heterocycles. The highest BCUT2D eigenvalue weighted by atomic mass is 16.2. The van der Waals surface area contributed by atoms with Crippen molar-refractivity contribution in [1.29, 1.82) is 0 Å². The number of anilines is 1. The second-order valence-electron chi connectivity index (χ2n) is 3.57. The average Bonchev–Trinajstić information content (AvgIpc) is 2.67. The van der Waals surface area contributed by atoms with Gasteiger partial charge in [-0.15, -0.1) is 5.10 Å². The number of nitrogen functional groups attached to an aromatic ring is 1. The lowest BCUT2D eigenvalue weighted by atomic mass is 10.1. The van der Waals surface area contributed by atoms with Gasteiger partial charge in [-0.25, -0.2) is 0 Å². The van der Waals surface area contributed by atoms with Gasteiger partial charge >= 0.3 is 0 Å². The van der Waals surface area contributed by atoms with Gasteiger partial charge in [0.15, 0.2) is 5.82 Å². The SMILES string of the molecule is CN1CCC(Cn2ncc(N)n2)C1=O. The van der Waals surface area contributed by atoms with Crippen LogP contribution in [0.4, 0.5) is 5.82 Å². The molecule has 1 atom stereocenters. The highest BCUT2D eigenvalue weighted by Crippen LogP contribution is 2.17. The summed E-state index contributed by atoms with van der Waals surface area (Å²) in [5.74, 6) is 0.566. The molecule has 6 heteroatoms. The number of nitrogens with zero attached hydrogens (tertiary/aromatic N) is 4. The molecule has 1 fully saturated rings. The van der Waals surface area contributed by atoms with Crippen LogP contribution >= 0.6 is 0 Å². The van der Waals surface area contributed by atoms with Crippen molar-refractivity contribution < 1.29 is 4.79 Å². The summed E-state index contributed by atoms with van der Waals surface area (Å²) in [4.78, 5) is 14.8. The average molecular weight is 195 g/mol. The molecular weight excluding hydrogens is 182 g/mol. The van der Waals surface area contributed by atoms with Gasteiger partial charge in [-0.1, -0.05) is 0 Å². The Bertz CT molecular complexity index is 347. The van der Waals surface area contributed by atoms with E-state index in [1.807, 2.05) is 7.05 Å². The standard InChI is InChI=1S/C8H13N5O/c1-12-3-2-6(8(12)14)5-13-10-4-7(9)11-13/h4,6H,2-3,5H2,1H3,(H2,9,11). The Morgan fingerprint density at radius 2 is 2.50 bits per heavy atom. The van der Waals surface area contributed by atoms with Crippen molar-refractivity contribution >= 4 is 11.7 Å². The molecule has 2 N–H and O–H groups in total. The first kappa shape index (κ1) is 8.98.